The summed E-state index contributed by atoms with van der Waals surface area (Å²) in [4.78, 5) is 30.6. The molecular formula is C19H30N4O4. The molecule has 8 heteroatoms. The molecule has 0 aromatic carbocycles. The zero-order valence-corrected chi connectivity index (χ0v) is 16.5. The van der Waals surface area contributed by atoms with Gasteiger partial charge in [-0.2, -0.15) is 0 Å². The first-order valence-electron chi connectivity index (χ1n) is 9.91. The van der Waals surface area contributed by atoms with E-state index < -0.39 is 0 Å². The monoisotopic (exact) mass is 378 g/mol. The lowest BCUT2D eigenvalue weighted by atomic mass is 10.0. The summed E-state index contributed by atoms with van der Waals surface area (Å²) >= 11 is 0. The Kier molecular flexibility index (Phi) is 6.36. The van der Waals surface area contributed by atoms with E-state index in [1.807, 2.05) is 25.7 Å². The molecule has 8 nitrogen and oxygen atoms in total. The van der Waals surface area contributed by atoms with Gasteiger partial charge in [-0.15, -0.1) is 0 Å². The summed E-state index contributed by atoms with van der Waals surface area (Å²) in [5, 5.41) is 4.00. The largest absolute Gasteiger partial charge is 0.450 e. The van der Waals surface area contributed by atoms with Crippen LogP contribution in [0.1, 0.15) is 55.8 Å². The summed E-state index contributed by atoms with van der Waals surface area (Å²) in [5.41, 5.74) is 0.807. The minimum Gasteiger partial charge on any atom is -0.450 e. The molecule has 2 fully saturated rings. The molecule has 0 radical (unpaired) electrons. The van der Waals surface area contributed by atoms with Crippen LogP contribution in [0.5, 0.6) is 0 Å². The third kappa shape index (κ3) is 4.61. The number of piperidine rings is 1. The van der Waals surface area contributed by atoms with Crippen LogP contribution in [-0.4, -0.2) is 83.8 Å². The summed E-state index contributed by atoms with van der Waals surface area (Å²) in [6, 6.07) is 2.08. The molecule has 27 heavy (non-hydrogen) atoms. The number of likely N-dealkylation sites (tertiary alicyclic amines) is 1. The Morgan fingerprint density at radius 3 is 2.59 bits per heavy atom. The normalized spacial score (nSPS) is 21.6. The number of hydrogen-bond acceptors (Lipinski definition) is 6. The molecule has 0 bridgehead atoms. The average molecular weight is 378 g/mol. The topological polar surface area (TPSA) is 79.1 Å². The van der Waals surface area contributed by atoms with Crippen LogP contribution in [0, 0.1) is 0 Å². The molecule has 2 amide bonds. The van der Waals surface area contributed by atoms with Crippen LogP contribution in [-0.2, 0) is 4.74 Å². The van der Waals surface area contributed by atoms with Gasteiger partial charge in [0.25, 0.3) is 5.91 Å². The Labute approximate surface area is 160 Å². The molecule has 1 aromatic heterocycles. The maximum atomic E-state index is 12.8. The van der Waals surface area contributed by atoms with Crippen LogP contribution in [0.2, 0.25) is 0 Å². The standard InChI is InChI=1S/C19H30N4O4/c1-4-26-19(25)22-10-8-21(9-11-22)15-6-5-7-23(13-15)18(24)17-12-16(14(2)3)20-27-17/h12,14-15H,4-11,13H2,1-3H3/t15-/m0/s1. The van der Waals surface area contributed by atoms with E-state index >= 15 is 0 Å². The first kappa shape index (κ1) is 19.7. The Morgan fingerprint density at radius 2 is 1.96 bits per heavy atom. The van der Waals surface area contributed by atoms with Gasteiger partial charge in [0.1, 0.15) is 0 Å². The van der Waals surface area contributed by atoms with Gasteiger partial charge in [-0.25, -0.2) is 4.79 Å². The maximum absolute atomic E-state index is 12.8. The Hall–Kier alpha value is -2.09. The summed E-state index contributed by atoms with van der Waals surface area (Å²) < 4.78 is 10.3. The Balaban J connectivity index is 1.55. The number of ether oxygens (including phenoxy) is 1. The molecular weight excluding hydrogens is 348 g/mol. The fraction of sp³-hybridized carbons (Fsp3) is 0.737. The molecule has 150 valence electrons. The molecule has 2 saturated heterocycles. The van der Waals surface area contributed by atoms with Crippen LogP contribution in [0.15, 0.2) is 10.6 Å². The fourth-order valence-corrected chi connectivity index (χ4v) is 3.74. The van der Waals surface area contributed by atoms with E-state index in [9.17, 15) is 9.59 Å². The lowest BCUT2D eigenvalue weighted by molar-refractivity contribution is 0.0360. The van der Waals surface area contributed by atoms with Gasteiger partial charge in [-0.05, 0) is 25.7 Å². The van der Waals surface area contributed by atoms with Gasteiger partial charge in [-0.1, -0.05) is 19.0 Å². The van der Waals surface area contributed by atoms with Crippen molar-refractivity contribution in [1.29, 1.82) is 0 Å². The molecule has 1 atom stereocenters. The number of amides is 2. The minimum absolute atomic E-state index is 0.0794. The summed E-state index contributed by atoms with van der Waals surface area (Å²) in [6.07, 6.45) is 1.81. The van der Waals surface area contributed by atoms with Gasteiger partial charge in [0.05, 0.1) is 12.3 Å². The van der Waals surface area contributed by atoms with Gasteiger partial charge in [0.2, 0.25) is 5.76 Å². The predicted molar refractivity (Wildman–Crippen MR) is 99.7 cm³/mol. The van der Waals surface area contributed by atoms with Gasteiger partial charge < -0.3 is 19.1 Å². The van der Waals surface area contributed by atoms with Crippen LogP contribution in [0.3, 0.4) is 0 Å². The number of aromatic nitrogens is 1. The third-order valence-electron chi connectivity index (χ3n) is 5.37. The van der Waals surface area contributed by atoms with Crippen molar-refractivity contribution in [3.63, 3.8) is 0 Å². The van der Waals surface area contributed by atoms with E-state index in [4.69, 9.17) is 9.26 Å². The molecule has 3 heterocycles. The number of hydrogen-bond donors (Lipinski definition) is 0. The van der Waals surface area contributed by atoms with Gasteiger partial charge in [0, 0.05) is 51.4 Å². The lowest BCUT2D eigenvalue weighted by Crippen LogP contribution is -2.56. The molecule has 2 aliphatic rings. The smallest absolute Gasteiger partial charge is 0.409 e. The third-order valence-corrected chi connectivity index (χ3v) is 5.37. The van der Waals surface area contributed by atoms with Crippen LogP contribution < -0.4 is 0 Å². The Morgan fingerprint density at radius 1 is 1.22 bits per heavy atom. The first-order valence-corrected chi connectivity index (χ1v) is 9.91. The molecule has 0 aliphatic carbocycles. The van der Waals surface area contributed by atoms with E-state index in [1.54, 1.807) is 11.0 Å². The molecule has 0 N–H and O–H groups in total. The summed E-state index contributed by atoms with van der Waals surface area (Å²) in [5.74, 6) is 0.482. The van der Waals surface area contributed by atoms with Gasteiger partial charge in [0.15, 0.2) is 0 Å². The van der Waals surface area contributed by atoms with Crippen LogP contribution in [0.4, 0.5) is 4.79 Å². The van der Waals surface area contributed by atoms with E-state index in [0.29, 0.717) is 38.0 Å². The van der Waals surface area contributed by atoms with Crippen molar-refractivity contribution in [1.82, 2.24) is 19.9 Å². The van der Waals surface area contributed by atoms with Gasteiger partial charge >= 0.3 is 6.09 Å². The highest BCUT2D eigenvalue weighted by atomic mass is 16.6. The zero-order chi connectivity index (χ0) is 19.4. The van der Waals surface area contributed by atoms with Crippen LogP contribution >= 0.6 is 0 Å². The number of rotatable bonds is 4. The SMILES string of the molecule is CCOC(=O)N1CCN([C@H]2CCCN(C(=O)c3cc(C(C)C)no3)C2)CC1. The molecule has 1 aromatic rings. The second-order valence-electron chi connectivity index (χ2n) is 7.54. The van der Waals surface area contributed by atoms with Crippen molar-refractivity contribution in [3.8, 4) is 0 Å². The van der Waals surface area contributed by atoms with Gasteiger partial charge in [-0.3, -0.25) is 9.69 Å². The average Bonchev–Trinajstić information content (AvgIpc) is 3.18. The first-order chi connectivity index (χ1) is 13.0. The molecule has 0 saturated carbocycles. The molecule has 0 unspecified atom stereocenters. The quantitative estimate of drug-likeness (QED) is 0.799. The van der Waals surface area contributed by atoms with E-state index in [0.717, 1.165) is 38.2 Å². The second-order valence-corrected chi connectivity index (χ2v) is 7.54. The minimum atomic E-state index is -0.233. The fourth-order valence-electron chi connectivity index (χ4n) is 3.74. The molecule has 2 aliphatic heterocycles. The summed E-state index contributed by atoms with van der Waals surface area (Å²) in [7, 11) is 0. The predicted octanol–water partition coefficient (Wildman–Crippen LogP) is 2.18. The van der Waals surface area contributed by atoms with Crippen molar-refractivity contribution in [2.24, 2.45) is 0 Å². The van der Waals surface area contributed by atoms with Crippen molar-refractivity contribution < 1.29 is 18.8 Å². The highest BCUT2D eigenvalue weighted by Crippen LogP contribution is 2.21. The van der Waals surface area contributed by atoms with Crippen molar-refractivity contribution >= 4 is 12.0 Å². The zero-order valence-electron chi connectivity index (χ0n) is 16.5. The van der Waals surface area contributed by atoms with Crippen molar-refractivity contribution in [2.45, 2.75) is 45.6 Å². The van der Waals surface area contributed by atoms with E-state index in [2.05, 4.69) is 10.1 Å². The molecule has 3 rings (SSSR count). The van der Waals surface area contributed by atoms with E-state index in [-0.39, 0.29) is 17.9 Å². The molecule has 0 spiro atoms. The highest BCUT2D eigenvalue weighted by Gasteiger charge is 2.32. The lowest BCUT2D eigenvalue weighted by Gasteiger charge is -2.42. The number of carbonyl (C=O) groups excluding carboxylic acids is 2. The van der Waals surface area contributed by atoms with Crippen LogP contribution in [0.25, 0.3) is 0 Å². The Bertz CT molecular complexity index is 652. The van der Waals surface area contributed by atoms with Crippen molar-refractivity contribution in [2.75, 3.05) is 45.9 Å². The van der Waals surface area contributed by atoms with Crippen molar-refractivity contribution in [3.05, 3.63) is 17.5 Å². The highest BCUT2D eigenvalue weighted by molar-refractivity contribution is 5.91. The second kappa shape index (κ2) is 8.73. The number of nitrogens with zero attached hydrogens (tertiary/aromatic N) is 4. The number of carbonyl (C=O) groups is 2. The van der Waals surface area contributed by atoms with E-state index in [1.165, 1.54) is 0 Å². The number of piperazine rings is 1. The maximum Gasteiger partial charge on any atom is 0.409 e. The summed E-state index contributed by atoms with van der Waals surface area (Å²) in [6.45, 7) is 10.7.